The molecule has 0 saturated carbocycles. The molecule has 2 rings (SSSR count). The standard InChI is InChI=1S/C20H33N3O/c1-6-23(16(2)3)15-17-7-9-18(10-8-17)20(24)22(5)19-11-13-21(4)14-12-19/h7-10,16,19H,6,11-15H2,1-5H3. The Labute approximate surface area is 147 Å². The molecule has 134 valence electrons. The maximum atomic E-state index is 12.7. The van der Waals surface area contributed by atoms with Gasteiger partial charge in [0.25, 0.3) is 5.91 Å². The number of benzene rings is 1. The zero-order chi connectivity index (χ0) is 17.7. The largest absolute Gasteiger partial charge is 0.339 e. The van der Waals surface area contributed by atoms with Crippen LogP contribution in [0.5, 0.6) is 0 Å². The first-order valence-electron chi connectivity index (χ1n) is 9.21. The van der Waals surface area contributed by atoms with Crippen molar-refractivity contribution in [3.63, 3.8) is 0 Å². The minimum atomic E-state index is 0.146. The second kappa shape index (κ2) is 8.63. The third-order valence-electron chi connectivity index (χ3n) is 5.28. The third kappa shape index (κ3) is 4.81. The first-order valence-corrected chi connectivity index (χ1v) is 9.21. The van der Waals surface area contributed by atoms with Crippen LogP contribution in [0.25, 0.3) is 0 Å². The smallest absolute Gasteiger partial charge is 0.253 e. The molecule has 0 aromatic heterocycles. The summed E-state index contributed by atoms with van der Waals surface area (Å²) in [6.07, 6.45) is 2.13. The van der Waals surface area contributed by atoms with Crippen LogP contribution in [-0.4, -0.2) is 66.4 Å². The molecule has 4 nitrogen and oxygen atoms in total. The summed E-state index contributed by atoms with van der Waals surface area (Å²) in [6.45, 7) is 10.8. The van der Waals surface area contributed by atoms with Gasteiger partial charge < -0.3 is 9.80 Å². The molecule has 1 amide bonds. The van der Waals surface area contributed by atoms with Gasteiger partial charge in [0.05, 0.1) is 0 Å². The highest BCUT2D eigenvalue weighted by Gasteiger charge is 2.24. The van der Waals surface area contributed by atoms with E-state index in [0.717, 1.165) is 44.6 Å². The van der Waals surface area contributed by atoms with Gasteiger partial charge in [0.15, 0.2) is 0 Å². The number of nitrogens with zero attached hydrogens (tertiary/aromatic N) is 3. The van der Waals surface area contributed by atoms with Crippen molar-refractivity contribution < 1.29 is 4.79 Å². The minimum absolute atomic E-state index is 0.146. The van der Waals surface area contributed by atoms with E-state index >= 15 is 0 Å². The van der Waals surface area contributed by atoms with Gasteiger partial charge in [-0.05, 0) is 71.1 Å². The molecule has 0 unspecified atom stereocenters. The zero-order valence-electron chi connectivity index (χ0n) is 16.0. The number of amides is 1. The number of carbonyl (C=O) groups excluding carboxylic acids is 1. The lowest BCUT2D eigenvalue weighted by Crippen LogP contribution is -2.44. The maximum Gasteiger partial charge on any atom is 0.253 e. The molecule has 1 aromatic carbocycles. The summed E-state index contributed by atoms with van der Waals surface area (Å²) in [5.74, 6) is 0.146. The number of hydrogen-bond acceptors (Lipinski definition) is 3. The third-order valence-corrected chi connectivity index (χ3v) is 5.28. The lowest BCUT2D eigenvalue weighted by molar-refractivity contribution is 0.0659. The van der Waals surface area contributed by atoms with Crippen molar-refractivity contribution in [1.82, 2.24) is 14.7 Å². The number of rotatable bonds is 6. The molecule has 1 aromatic rings. The Hall–Kier alpha value is -1.39. The molecule has 0 N–H and O–H groups in total. The van der Waals surface area contributed by atoms with E-state index in [9.17, 15) is 4.79 Å². The summed E-state index contributed by atoms with van der Waals surface area (Å²) >= 11 is 0. The van der Waals surface area contributed by atoms with E-state index in [1.807, 2.05) is 24.1 Å². The van der Waals surface area contributed by atoms with Gasteiger partial charge in [-0.1, -0.05) is 19.1 Å². The molecule has 0 aliphatic carbocycles. The first kappa shape index (κ1) is 18.9. The van der Waals surface area contributed by atoms with Crippen molar-refractivity contribution in [3.05, 3.63) is 35.4 Å². The highest BCUT2D eigenvalue weighted by atomic mass is 16.2. The lowest BCUT2D eigenvalue weighted by atomic mass is 10.0. The topological polar surface area (TPSA) is 26.8 Å². The fourth-order valence-electron chi connectivity index (χ4n) is 3.40. The average molecular weight is 332 g/mol. The van der Waals surface area contributed by atoms with Gasteiger partial charge in [0.2, 0.25) is 0 Å². The predicted octanol–water partition coefficient (Wildman–Crippen LogP) is 3.08. The molecule has 1 aliphatic rings. The molecule has 0 bridgehead atoms. The summed E-state index contributed by atoms with van der Waals surface area (Å²) in [7, 11) is 4.09. The first-order chi connectivity index (χ1) is 11.4. The van der Waals surface area contributed by atoms with Gasteiger partial charge in [0.1, 0.15) is 0 Å². The quantitative estimate of drug-likeness (QED) is 0.801. The highest BCUT2D eigenvalue weighted by Crippen LogP contribution is 2.17. The molecule has 24 heavy (non-hydrogen) atoms. The van der Waals surface area contributed by atoms with E-state index in [0.29, 0.717) is 12.1 Å². The van der Waals surface area contributed by atoms with Gasteiger partial charge in [0, 0.05) is 31.2 Å². The summed E-state index contributed by atoms with van der Waals surface area (Å²) in [5.41, 5.74) is 2.07. The Morgan fingerprint density at radius 2 is 1.79 bits per heavy atom. The monoisotopic (exact) mass is 331 g/mol. The van der Waals surface area contributed by atoms with Crippen molar-refractivity contribution in [2.75, 3.05) is 33.7 Å². The number of likely N-dealkylation sites (tertiary alicyclic amines) is 1. The molecular formula is C20H33N3O. The molecule has 0 spiro atoms. The number of carbonyl (C=O) groups is 1. The van der Waals surface area contributed by atoms with Crippen LogP contribution in [0.3, 0.4) is 0 Å². The van der Waals surface area contributed by atoms with Crippen LogP contribution < -0.4 is 0 Å². The van der Waals surface area contributed by atoms with Gasteiger partial charge in [-0.25, -0.2) is 0 Å². The van der Waals surface area contributed by atoms with Crippen molar-refractivity contribution in [2.24, 2.45) is 0 Å². The molecule has 1 heterocycles. The Bertz CT molecular complexity index is 518. The predicted molar refractivity (Wildman–Crippen MR) is 100 cm³/mol. The Kier molecular flexibility index (Phi) is 6.81. The average Bonchev–Trinajstić information content (AvgIpc) is 2.59. The van der Waals surface area contributed by atoms with Crippen LogP contribution >= 0.6 is 0 Å². The number of hydrogen-bond donors (Lipinski definition) is 0. The van der Waals surface area contributed by atoms with Crippen molar-refractivity contribution in [3.8, 4) is 0 Å². The van der Waals surface area contributed by atoms with E-state index in [2.05, 4.69) is 49.8 Å². The fourth-order valence-corrected chi connectivity index (χ4v) is 3.40. The molecule has 1 aliphatic heterocycles. The Morgan fingerprint density at radius 3 is 2.29 bits per heavy atom. The second-order valence-electron chi connectivity index (χ2n) is 7.30. The van der Waals surface area contributed by atoms with Gasteiger partial charge in [-0.15, -0.1) is 0 Å². The van der Waals surface area contributed by atoms with Crippen LogP contribution in [0.2, 0.25) is 0 Å². The van der Waals surface area contributed by atoms with Crippen LogP contribution in [0.1, 0.15) is 49.5 Å². The lowest BCUT2D eigenvalue weighted by Gasteiger charge is -2.35. The SMILES string of the molecule is CCN(Cc1ccc(C(=O)N(C)C2CCN(C)CC2)cc1)C(C)C. The molecule has 0 atom stereocenters. The van der Waals surface area contributed by atoms with E-state index in [1.54, 1.807) is 0 Å². The Morgan fingerprint density at radius 1 is 1.21 bits per heavy atom. The maximum absolute atomic E-state index is 12.7. The highest BCUT2D eigenvalue weighted by molar-refractivity contribution is 5.94. The van der Waals surface area contributed by atoms with E-state index < -0.39 is 0 Å². The fraction of sp³-hybridized carbons (Fsp3) is 0.650. The van der Waals surface area contributed by atoms with Crippen molar-refractivity contribution >= 4 is 5.91 Å². The Balaban J connectivity index is 1.97. The summed E-state index contributed by atoms with van der Waals surface area (Å²) < 4.78 is 0. The molecule has 0 radical (unpaired) electrons. The summed E-state index contributed by atoms with van der Waals surface area (Å²) in [4.78, 5) is 19.4. The zero-order valence-corrected chi connectivity index (χ0v) is 16.0. The molecule has 4 heteroatoms. The number of piperidine rings is 1. The van der Waals surface area contributed by atoms with E-state index in [-0.39, 0.29) is 5.91 Å². The molecular weight excluding hydrogens is 298 g/mol. The molecule has 1 fully saturated rings. The summed E-state index contributed by atoms with van der Waals surface area (Å²) in [6, 6.07) is 9.06. The van der Waals surface area contributed by atoms with Gasteiger partial charge >= 0.3 is 0 Å². The van der Waals surface area contributed by atoms with Crippen LogP contribution in [-0.2, 0) is 6.54 Å². The van der Waals surface area contributed by atoms with E-state index in [4.69, 9.17) is 0 Å². The van der Waals surface area contributed by atoms with Crippen LogP contribution in [0.4, 0.5) is 0 Å². The summed E-state index contributed by atoms with van der Waals surface area (Å²) in [5, 5.41) is 0. The van der Waals surface area contributed by atoms with Crippen LogP contribution in [0.15, 0.2) is 24.3 Å². The van der Waals surface area contributed by atoms with Crippen LogP contribution in [0, 0.1) is 0 Å². The minimum Gasteiger partial charge on any atom is -0.339 e. The molecule has 1 saturated heterocycles. The second-order valence-corrected chi connectivity index (χ2v) is 7.30. The normalized spacial score (nSPS) is 16.8. The van der Waals surface area contributed by atoms with Crippen molar-refractivity contribution in [2.45, 2.75) is 52.2 Å². The van der Waals surface area contributed by atoms with E-state index in [1.165, 1.54) is 5.56 Å². The van der Waals surface area contributed by atoms with Crippen molar-refractivity contribution in [1.29, 1.82) is 0 Å². The van der Waals surface area contributed by atoms with Gasteiger partial charge in [-0.2, -0.15) is 0 Å². The van der Waals surface area contributed by atoms with Gasteiger partial charge in [-0.3, -0.25) is 9.69 Å².